The smallest absolute Gasteiger partial charge is 0.265 e. The van der Waals surface area contributed by atoms with Crippen molar-refractivity contribution in [2.75, 3.05) is 21.8 Å². The normalized spacial score (nSPS) is 14.8. The summed E-state index contributed by atoms with van der Waals surface area (Å²) in [5, 5.41) is 0.169. The average molecular weight is 415 g/mol. The molecule has 9 heteroatoms. The first kappa shape index (κ1) is 19.0. The zero-order valence-electron chi connectivity index (χ0n) is 14.4. The standard InChI is InChI=1S/C17H19ClN2O4S2/c1-12-8-9-17(14(18)11-12)26(23,24)20-10-4-5-13-15(19-25(2,21)22)6-3-7-16(13)20/h3,6-9,11,19H,4-5,10H2,1-2H3. The molecule has 0 radical (unpaired) electrons. The molecule has 0 aliphatic carbocycles. The van der Waals surface area contributed by atoms with Crippen LogP contribution in [-0.4, -0.2) is 29.6 Å². The van der Waals surface area contributed by atoms with Crippen molar-refractivity contribution in [1.29, 1.82) is 0 Å². The molecule has 1 heterocycles. The Bertz CT molecular complexity index is 1070. The molecule has 0 amide bonds. The molecule has 1 N–H and O–H groups in total. The van der Waals surface area contributed by atoms with E-state index >= 15 is 0 Å². The van der Waals surface area contributed by atoms with Gasteiger partial charge in [0, 0.05) is 12.1 Å². The topological polar surface area (TPSA) is 83.6 Å². The third-order valence-corrected chi connectivity index (χ3v) is 7.05. The van der Waals surface area contributed by atoms with Gasteiger partial charge in [0.05, 0.1) is 22.7 Å². The molecule has 1 aliphatic heterocycles. The highest BCUT2D eigenvalue weighted by atomic mass is 35.5. The van der Waals surface area contributed by atoms with Gasteiger partial charge < -0.3 is 0 Å². The van der Waals surface area contributed by atoms with Crippen LogP contribution >= 0.6 is 11.6 Å². The summed E-state index contributed by atoms with van der Waals surface area (Å²) in [7, 11) is -7.33. The number of halogens is 1. The van der Waals surface area contributed by atoms with Crippen molar-refractivity contribution in [2.24, 2.45) is 0 Å². The van der Waals surface area contributed by atoms with E-state index in [1.807, 2.05) is 6.92 Å². The van der Waals surface area contributed by atoms with Crippen molar-refractivity contribution in [3.8, 4) is 0 Å². The molecule has 6 nitrogen and oxygen atoms in total. The number of aryl methyl sites for hydroxylation is 1. The van der Waals surface area contributed by atoms with Crippen LogP contribution < -0.4 is 9.03 Å². The van der Waals surface area contributed by atoms with E-state index < -0.39 is 20.0 Å². The Morgan fingerprint density at radius 3 is 2.50 bits per heavy atom. The Labute approximate surface area is 158 Å². The lowest BCUT2D eigenvalue weighted by Gasteiger charge is -2.32. The fourth-order valence-electron chi connectivity index (χ4n) is 3.07. The first-order valence-electron chi connectivity index (χ1n) is 7.98. The molecule has 0 spiro atoms. The van der Waals surface area contributed by atoms with E-state index in [2.05, 4.69) is 4.72 Å². The van der Waals surface area contributed by atoms with E-state index in [4.69, 9.17) is 11.6 Å². The fourth-order valence-corrected chi connectivity index (χ4v) is 5.77. The lowest BCUT2D eigenvalue weighted by Crippen LogP contribution is -2.36. The van der Waals surface area contributed by atoms with Crippen LogP contribution in [0.25, 0.3) is 0 Å². The van der Waals surface area contributed by atoms with Crippen LogP contribution in [0, 0.1) is 6.92 Å². The number of hydrogen-bond acceptors (Lipinski definition) is 4. The minimum absolute atomic E-state index is 0.0408. The third kappa shape index (κ3) is 3.67. The lowest BCUT2D eigenvalue weighted by molar-refractivity contribution is 0.586. The van der Waals surface area contributed by atoms with Gasteiger partial charge in [-0.1, -0.05) is 23.7 Å². The van der Waals surface area contributed by atoms with Crippen LogP contribution in [0.3, 0.4) is 0 Å². The molecule has 0 fully saturated rings. The Kier molecular flexibility index (Phi) is 4.94. The van der Waals surface area contributed by atoms with E-state index in [0.29, 0.717) is 36.3 Å². The number of rotatable bonds is 4. The molecule has 0 unspecified atom stereocenters. The Hall–Kier alpha value is -1.77. The molecule has 2 aromatic carbocycles. The molecular formula is C17H19ClN2O4S2. The Morgan fingerprint density at radius 2 is 1.85 bits per heavy atom. The first-order chi connectivity index (χ1) is 12.1. The zero-order chi connectivity index (χ0) is 19.1. The van der Waals surface area contributed by atoms with Gasteiger partial charge in [-0.2, -0.15) is 0 Å². The second-order valence-electron chi connectivity index (χ2n) is 6.29. The van der Waals surface area contributed by atoms with Crippen molar-refractivity contribution in [2.45, 2.75) is 24.7 Å². The van der Waals surface area contributed by atoms with Gasteiger partial charge in [0.25, 0.3) is 10.0 Å². The summed E-state index contributed by atoms with van der Waals surface area (Å²) in [6.07, 6.45) is 2.23. The van der Waals surface area contributed by atoms with Crippen molar-refractivity contribution in [3.05, 3.63) is 52.5 Å². The van der Waals surface area contributed by atoms with Crippen molar-refractivity contribution in [1.82, 2.24) is 0 Å². The summed E-state index contributed by atoms with van der Waals surface area (Å²) in [6.45, 7) is 2.14. The molecule has 0 aromatic heterocycles. The highest BCUT2D eigenvalue weighted by Gasteiger charge is 2.31. The van der Waals surface area contributed by atoms with Gasteiger partial charge in [0.2, 0.25) is 10.0 Å². The van der Waals surface area contributed by atoms with Crippen LogP contribution in [0.15, 0.2) is 41.3 Å². The third-order valence-electron chi connectivity index (χ3n) is 4.16. The molecule has 0 atom stereocenters. The molecule has 0 saturated heterocycles. The number of sulfonamides is 2. The summed E-state index contributed by atoms with van der Waals surface area (Å²) < 4.78 is 53.3. The number of benzene rings is 2. The number of hydrogen-bond donors (Lipinski definition) is 1. The summed E-state index contributed by atoms with van der Waals surface area (Å²) in [5.74, 6) is 0. The van der Waals surface area contributed by atoms with Gasteiger partial charge in [-0.3, -0.25) is 9.03 Å². The Morgan fingerprint density at radius 1 is 1.12 bits per heavy atom. The summed E-state index contributed by atoms with van der Waals surface area (Å²) in [5.41, 5.74) is 2.41. The summed E-state index contributed by atoms with van der Waals surface area (Å²) in [6, 6.07) is 9.76. The van der Waals surface area contributed by atoms with E-state index in [1.54, 1.807) is 30.3 Å². The van der Waals surface area contributed by atoms with Gasteiger partial charge in [-0.25, -0.2) is 16.8 Å². The minimum atomic E-state index is -3.86. The first-order valence-corrected chi connectivity index (χ1v) is 11.7. The van der Waals surface area contributed by atoms with E-state index in [-0.39, 0.29) is 9.92 Å². The monoisotopic (exact) mass is 414 g/mol. The maximum Gasteiger partial charge on any atom is 0.265 e. The molecule has 26 heavy (non-hydrogen) atoms. The summed E-state index contributed by atoms with van der Waals surface area (Å²) >= 11 is 6.18. The van der Waals surface area contributed by atoms with Crippen LogP contribution in [0.4, 0.5) is 11.4 Å². The predicted molar refractivity (Wildman–Crippen MR) is 104 cm³/mol. The van der Waals surface area contributed by atoms with Crippen LogP contribution in [0.5, 0.6) is 0 Å². The maximum atomic E-state index is 13.2. The van der Waals surface area contributed by atoms with Gasteiger partial charge in [0.15, 0.2) is 0 Å². The minimum Gasteiger partial charge on any atom is -0.283 e. The van der Waals surface area contributed by atoms with Gasteiger partial charge in [0.1, 0.15) is 4.90 Å². The number of nitrogens with one attached hydrogen (secondary N) is 1. The van der Waals surface area contributed by atoms with E-state index in [1.165, 1.54) is 10.4 Å². The molecule has 140 valence electrons. The zero-order valence-corrected chi connectivity index (χ0v) is 16.7. The fraction of sp³-hybridized carbons (Fsp3) is 0.294. The van der Waals surface area contributed by atoms with E-state index in [9.17, 15) is 16.8 Å². The number of fused-ring (bicyclic) bond motifs is 1. The molecule has 2 aromatic rings. The molecule has 0 bridgehead atoms. The van der Waals surface area contributed by atoms with Gasteiger partial charge in [-0.15, -0.1) is 0 Å². The second-order valence-corrected chi connectivity index (χ2v) is 10.3. The van der Waals surface area contributed by atoms with Crippen LogP contribution in [-0.2, 0) is 26.5 Å². The number of anilines is 2. The maximum absolute atomic E-state index is 13.2. The molecule has 1 aliphatic rings. The van der Waals surface area contributed by atoms with Crippen molar-refractivity contribution < 1.29 is 16.8 Å². The van der Waals surface area contributed by atoms with Gasteiger partial charge >= 0.3 is 0 Å². The van der Waals surface area contributed by atoms with Crippen molar-refractivity contribution >= 4 is 43.0 Å². The summed E-state index contributed by atoms with van der Waals surface area (Å²) in [4.78, 5) is 0.0408. The largest absolute Gasteiger partial charge is 0.283 e. The second kappa shape index (κ2) is 6.75. The average Bonchev–Trinajstić information content (AvgIpc) is 2.52. The van der Waals surface area contributed by atoms with Crippen molar-refractivity contribution in [3.63, 3.8) is 0 Å². The molecular weight excluding hydrogens is 396 g/mol. The van der Waals surface area contributed by atoms with Crippen LogP contribution in [0.2, 0.25) is 5.02 Å². The highest BCUT2D eigenvalue weighted by molar-refractivity contribution is 7.93. The van der Waals surface area contributed by atoms with Crippen LogP contribution in [0.1, 0.15) is 17.5 Å². The molecule has 3 rings (SSSR count). The predicted octanol–water partition coefficient (Wildman–Crippen LogP) is 3.16. The lowest BCUT2D eigenvalue weighted by atomic mass is 10.0. The quantitative estimate of drug-likeness (QED) is 0.832. The number of nitrogens with zero attached hydrogens (tertiary/aromatic N) is 1. The molecule has 0 saturated carbocycles. The van der Waals surface area contributed by atoms with Gasteiger partial charge in [-0.05, 0) is 49.6 Å². The highest BCUT2D eigenvalue weighted by Crippen LogP contribution is 2.37. The SMILES string of the molecule is Cc1ccc(S(=O)(=O)N2CCCc3c(NS(C)(=O)=O)cccc32)c(Cl)c1. The van der Waals surface area contributed by atoms with E-state index in [0.717, 1.165) is 11.8 Å². The Balaban J connectivity index is 2.11.